The maximum atomic E-state index is 11.8. The molecule has 0 saturated carbocycles. The lowest BCUT2D eigenvalue weighted by atomic mass is 10.3. The summed E-state index contributed by atoms with van der Waals surface area (Å²) < 4.78 is 11.5. The third kappa shape index (κ3) is 2.81. The number of carbonyl (C=O) groups is 1. The molecule has 0 bridgehead atoms. The molecule has 1 N–H and O–H groups in total. The zero-order valence-corrected chi connectivity index (χ0v) is 11.4. The number of nitrogens with zero attached hydrogens (tertiary/aromatic N) is 5. The summed E-state index contributed by atoms with van der Waals surface area (Å²) >= 11 is 0. The molecule has 3 aromatic rings. The average Bonchev–Trinajstić information content (AvgIpc) is 3.16. The third-order valence-corrected chi connectivity index (χ3v) is 2.69. The topological polar surface area (TPSA) is 112 Å². The number of aromatic nitrogens is 5. The van der Waals surface area contributed by atoms with E-state index in [1.165, 1.54) is 0 Å². The van der Waals surface area contributed by atoms with Gasteiger partial charge in [0.05, 0.1) is 18.3 Å². The lowest BCUT2D eigenvalue weighted by Crippen LogP contribution is -2.23. The summed E-state index contributed by atoms with van der Waals surface area (Å²) in [7, 11) is 1.80. The van der Waals surface area contributed by atoms with Crippen LogP contribution in [0.1, 0.15) is 22.1 Å². The van der Waals surface area contributed by atoms with Crippen molar-refractivity contribution in [3.05, 3.63) is 35.8 Å². The molecule has 108 valence electrons. The van der Waals surface area contributed by atoms with Gasteiger partial charge in [0, 0.05) is 19.3 Å². The van der Waals surface area contributed by atoms with Crippen molar-refractivity contribution < 1.29 is 13.8 Å². The molecule has 0 aliphatic rings. The van der Waals surface area contributed by atoms with Crippen molar-refractivity contribution in [2.45, 2.75) is 13.5 Å². The average molecular weight is 288 g/mol. The number of rotatable bonds is 4. The molecule has 9 nitrogen and oxygen atoms in total. The van der Waals surface area contributed by atoms with Crippen LogP contribution in [0.2, 0.25) is 0 Å². The van der Waals surface area contributed by atoms with Crippen molar-refractivity contribution in [3.63, 3.8) is 0 Å². The Bertz CT molecular complexity index is 771. The summed E-state index contributed by atoms with van der Waals surface area (Å²) in [6.45, 7) is 1.82. The van der Waals surface area contributed by atoms with Gasteiger partial charge in [-0.1, -0.05) is 10.3 Å². The van der Waals surface area contributed by atoms with Gasteiger partial charge in [-0.15, -0.1) is 0 Å². The molecule has 0 aromatic carbocycles. The van der Waals surface area contributed by atoms with Crippen LogP contribution >= 0.6 is 0 Å². The molecule has 1 amide bonds. The smallest absolute Gasteiger partial charge is 0.273 e. The van der Waals surface area contributed by atoms with E-state index in [-0.39, 0.29) is 18.1 Å². The number of aryl methyl sites for hydroxylation is 2. The van der Waals surface area contributed by atoms with Crippen LogP contribution in [0.3, 0.4) is 0 Å². The standard InChI is InChI=1S/C12H12N6O3/c1-7-3-9(16-20-7)12(19)13-5-10-15-11(17-21-10)8-4-14-18(2)6-8/h3-4,6H,5H2,1-2H3,(H,13,19). The highest BCUT2D eigenvalue weighted by Gasteiger charge is 2.14. The quantitative estimate of drug-likeness (QED) is 0.751. The first-order valence-electron chi connectivity index (χ1n) is 6.15. The summed E-state index contributed by atoms with van der Waals surface area (Å²) in [6.07, 6.45) is 3.40. The van der Waals surface area contributed by atoms with Crippen molar-refractivity contribution in [1.29, 1.82) is 0 Å². The fourth-order valence-corrected chi connectivity index (χ4v) is 1.70. The number of carbonyl (C=O) groups excluding carboxylic acids is 1. The predicted molar refractivity (Wildman–Crippen MR) is 68.9 cm³/mol. The van der Waals surface area contributed by atoms with E-state index in [1.807, 2.05) is 0 Å². The second-order valence-electron chi connectivity index (χ2n) is 4.42. The molecule has 0 fully saturated rings. The molecule has 3 heterocycles. The van der Waals surface area contributed by atoms with Crippen molar-refractivity contribution in [2.75, 3.05) is 0 Å². The molecule has 3 aromatic heterocycles. The van der Waals surface area contributed by atoms with Crippen LogP contribution in [-0.4, -0.2) is 31.0 Å². The fourth-order valence-electron chi connectivity index (χ4n) is 1.70. The van der Waals surface area contributed by atoms with E-state index in [0.29, 0.717) is 17.5 Å². The van der Waals surface area contributed by atoms with Gasteiger partial charge in [0.1, 0.15) is 5.76 Å². The van der Waals surface area contributed by atoms with Gasteiger partial charge in [-0.05, 0) is 6.92 Å². The van der Waals surface area contributed by atoms with Crippen LogP contribution in [0.5, 0.6) is 0 Å². The second kappa shape index (κ2) is 5.19. The van der Waals surface area contributed by atoms with Crippen LogP contribution in [0.4, 0.5) is 0 Å². The maximum Gasteiger partial charge on any atom is 0.273 e. The molecular weight excluding hydrogens is 276 g/mol. The van der Waals surface area contributed by atoms with Crippen LogP contribution in [0, 0.1) is 6.92 Å². The molecular formula is C12H12N6O3. The number of amides is 1. The SMILES string of the molecule is Cc1cc(C(=O)NCc2nc(-c3cnn(C)c3)no2)no1. The highest BCUT2D eigenvalue weighted by atomic mass is 16.5. The van der Waals surface area contributed by atoms with Gasteiger partial charge < -0.3 is 14.4 Å². The normalized spacial score (nSPS) is 10.8. The summed E-state index contributed by atoms with van der Waals surface area (Å²) in [4.78, 5) is 15.9. The molecule has 21 heavy (non-hydrogen) atoms. The Labute approximate surface area is 118 Å². The number of hydrogen-bond donors (Lipinski definition) is 1. The Morgan fingerprint density at radius 2 is 2.24 bits per heavy atom. The Morgan fingerprint density at radius 3 is 2.90 bits per heavy atom. The molecule has 0 spiro atoms. The first-order valence-corrected chi connectivity index (χ1v) is 6.15. The molecule has 0 radical (unpaired) electrons. The minimum absolute atomic E-state index is 0.109. The van der Waals surface area contributed by atoms with E-state index in [2.05, 4.69) is 25.7 Å². The van der Waals surface area contributed by atoms with Crippen molar-refractivity contribution in [3.8, 4) is 11.4 Å². The second-order valence-corrected chi connectivity index (χ2v) is 4.42. The van der Waals surface area contributed by atoms with E-state index in [1.54, 1.807) is 37.1 Å². The van der Waals surface area contributed by atoms with Gasteiger partial charge in [-0.2, -0.15) is 10.1 Å². The predicted octanol–water partition coefficient (Wildman–Crippen LogP) is 0.697. The fraction of sp³-hybridized carbons (Fsp3) is 0.250. The Balaban J connectivity index is 1.64. The van der Waals surface area contributed by atoms with E-state index >= 15 is 0 Å². The Hall–Kier alpha value is -2.97. The van der Waals surface area contributed by atoms with Crippen LogP contribution in [0.25, 0.3) is 11.4 Å². The lowest BCUT2D eigenvalue weighted by Gasteiger charge is -1.96. The number of hydrogen-bond acceptors (Lipinski definition) is 7. The molecule has 0 aliphatic heterocycles. The zero-order valence-electron chi connectivity index (χ0n) is 11.4. The van der Waals surface area contributed by atoms with E-state index in [4.69, 9.17) is 9.05 Å². The first-order chi connectivity index (χ1) is 10.1. The lowest BCUT2D eigenvalue weighted by molar-refractivity contribution is 0.0937. The van der Waals surface area contributed by atoms with Gasteiger partial charge in [0.15, 0.2) is 5.69 Å². The van der Waals surface area contributed by atoms with Crippen molar-refractivity contribution >= 4 is 5.91 Å². The summed E-state index contributed by atoms with van der Waals surface area (Å²) in [5, 5.41) is 14.1. The Morgan fingerprint density at radius 1 is 1.38 bits per heavy atom. The van der Waals surface area contributed by atoms with Crippen molar-refractivity contribution in [1.82, 2.24) is 30.4 Å². The summed E-state index contributed by atoms with van der Waals surface area (Å²) in [5.41, 5.74) is 0.949. The highest BCUT2D eigenvalue weighted by molar-refractivity contribution is 5.92. The van der Waals surface area contributed by atoms with E-state index in [9.17, 15) is 4.79 Å². The Kier molecular flexibility index (Phi) is 3.22. The minimum Gasteiger partial charge on any atom is -0.361 e. The van der Waals surface area contributed by atoms with Gasteiger partial charge in [-0.25, -0.2) is 0 Å². The summed E-state index contributed by atoms with van der Waals surface area (Å²) in [6, 6.07) is 1.55. The van der Waals surface area contributed by atoms with E-state index in [0.717, 1.165) is 5.56 Å². The van der Waals surface area contributed by atoms with Gasteiger partial charge in [-0.3, -0.25) is 9.48 Å². The molecule has 0 saturated heterocycles. The van der Waals surface area contributed by atoms with Crippen molar-refractivity contribution in [2.24, 2.45) is 7.05 Å². The minimum atomic E-state index is -0.368. The monoisotopic (exact) mass is 288 g/mol. The van der Waals surface area contributed by atoms with Crippen LogP contribution in [-0.2, 0) is 13.6 Å². The molecule has 9 heteroatoms. The zero-order chi connectivity index (χ0) is 14.8. The van der Waals surface area contributed by atoms with Gasteiger partial charge in [0.2, 0.25) is 11.7 Å². The van der Waals surface area contributed by atoms with Crippen LogP contribution < -0.4 is 5.32 Å². The van der Waals surface area contributed by atoms with E-state index < -0.39 is 0 Å². The molecule has 0 atom stereocenters. The maximum absolute atomic E-state index is 11.8. The van der Waals surface area contributed by atoms with Gasteiger partial charge in [0.25, 0.3) is 5.91 Å². The summed E-state index contributed by atoms with van der Waals surface area (Å²) in [5.74, 6) is 0.914. The van der Waals surface area contributed by atoms with Gasteiger partial charge >= 0.3 is 0 Å². The number of nitrogens with one attached hydrogen (secondary N) is 1. The molecule has 3 rings (SSSR count). The molecule has 0 aliphatic carbocycles. The molecule has 0 unspecified atom stereocenters. The first kappa shape index (κ1) is 13.0. The largest absolute Gasteiger partial charge is 0.361 e. The van der Waals surface area contributed by atoms with Crippen LogP contribution in [0.15, 0.2) is 27.5 Å². The highest BCUT2D eigenvalue weighted by Crippen LogP contribution is 2.13. The third-order valence-electron chi connectivity index (χ3n) is 2.69.